The molecule has 3 aromatic rings. The van der Waals surface area contributed by atoms with Crippen molar-refractivity contribution in [3.8, 4) is 34.7 Å². The number of hydrogen-bond donors (Lipinski definition) is 1. The molecule has 1 aliphatic heterocycles. The van der Waals surface area contributed by atoms with E-state index in [1.54, 1.807) is 18.2 Å². The summed E-state index contributed by atoms with van der Waals surface area (Å²) in [4.78, 5) is 17.6. The van der Waals surface area contributed by atoms with Gasteiger partial charge in [-0.25, -0.2) is 0 Å². The molecule has 0 fully saturated rings. The Morgan fingerprint density at radius 1 is 1.34 bits per heavy atom. The van der Waals surface area contributed by atoms with E-state index in [0.29, 0.717) is 41.6 Å². The molecule has 0 atom stereocenters. The molecule has 1 aliphatic rings. The predicted molar refractivity (Wildman–Crippen MR) is 118 cm³/mol. The smallest absolute Gasteiger partial charge is 0.303 e. The van der Waals surface area contributed by atoms with Gasteiger partial charge in [0.05, 0.1) is 11.7 Å². The first-order valence-electron chi connectivity index (χ1n) is 10.6. The molecule has 1 N–H and O–H groups in total. The highest BCUT2D eigenvalue weighted by Crippen LogP contribution is 2.36. The van der Waals surface area contributed by atoms with Gasteiger partial charge in [0, 0.05) is 36.3 Å². The maximum Gasteiger partial charge on any atom is 0.303 e. The topological polar surface area (TPSA) is 112 Å². The molecule has 32 heavy (non-hydrogen) atoms. The zero-order chi connectivity index (χ0) is 22.7. The number of aromatic nitrogens is 2. The molecule has 2 aromatic carbocycles. The summed E-state index contributed by atoms with van der Waals surface area (Å²) in [5.74, 6) is 0.572. The second-order valence-corrected chi connectivity index (χ2v) is 7.95. The van der Waals surface area contributed by atoms with Gasteiger partial charge in [0.15, 0.2) is 0 Å². The van der Waals surface area contributed by atoms with Crippen molar-refractivity contribution in [3.63, 3.8) is 0 Å². The molecule has 4 rings (SSSR count). The standard InChI is InChI=1S/C24H24N4O4/c1-15(2)31-21-9-8-16(13-17(21)14-25)24-26-23(27-32-24)19-5-3-6-20-18(19)10-12-28(20)11-4-7-22(29)30/h3,5-6,8-9,13,15H,4,7,10-12H2,1-2H3,(H,29,30). The number of nitrogens with zero attached hydrogens (tertiary/aromatic N) is 4. The number of fused-ring (bicyclic) bond motifs is 1. The van der Waals surface area contributed by atoms with Crippen LogP contribution in [-0.2, 0) is 11.2 Å². The summed E-state index contributed by atoms with van der Waals surface area (Å²) in [6.07, 6.45) is 1.56. The van der Waals surface area contributed by atoms with Crippen LogP contribution >= 0.6 is 0 Å². The molecule has 0 unspecified atom stereocenters. The zero-order valence-corrected chi connectivity index (χ0v) is 18.0. The molecule has 0 saturated carbocycles. The van der Waals surface area contributed by atoms with Gasteiger partial charge in [-0.15, -0.1) is 0 Å². The fourth-order valence-corrected chi connectivity index (χ4v) is 3.92. The molecule has 0 bridgehead atoms. The minimum absolute atomic E-state index is 0.0353. The van der Waals surface area contributed by atoms with Crippen molar-refractivity contribution < 1.29 is 19.2 Å². The lowest BCUT2D eigenvalue weighted by Crippen LogP contribution is -2.22. The lowest BCUT2D eigenvalue weighted by atomic mass is 10.0. The third kappa shape index (κ3) is 4.42. The van der Waals surface area contributed by atoms with Gasteiger partial charge in [-0.1, -0.05) is 17.3 Å². The summed E-state index contributed by atoms with van der Waals surface area (Å²) in [7, 11) is 0. The van der Waals surface area contributed by atoms with E-state index in [0.717, 1.165) is 29.8 Å². The Labute approximate surface area is 186 Å². The van der Waals surface area contributed by atoms with Crippen molar-refractivity contribution >= 4 is 11.7 Å². The van der Waals surface area contributed by atoms with Crippen LogP contribution < -0.4 is 9.64 Å². The molecular formula is C24H24N4O4. The van der Waals surface area contributed by atoms with E-state index >= 15 is 0 Å². The van der Waals surface area contributed by atoms with Crippen LogP contribution in [0.25, 0.3) is 22.8 Å². The van der Waals surface area contributed by atoms with Gasteiger partial charge in [-0.2, -0.15) is 10.2 Å². The molecule has 2 heterocycles. The van der Waals surface area contributed by atoms with Crippen molar-refractivity contribution in [2.75, 3.05) is 18.0 Å². The van der Waals surface area contributed by atoms with E-state index in [4.69, 9.17) is 14.4 Å². The van der Waals surface area contributed by atoms with Crippen LogP contribution in [0, 0.1) is 11.3 Å². The maximum atomic E-state index is 10.8. The second-order valence-electron chi connectivity index (χ2n) is 7.95. The molecule has 8 nitrogen and oxygen atoms in total. The fourth-order valence-electron chi connectivity index (χ4n) is 3.92. The van der Waals surface area contributed by atoms with Crippen LogP contribution in [-0.4, -0.2) is 40.4 Å². The normalized spacial score (nSPS) is 12.6. The van der Waals surface area contributed by atoms with E-state index in [1.807, 2.05) is 32.0 Å². The van der Waals surface area contributed by atoms with Gasteiger partial charge in [-0.3, -0.25) is 4.79 Å². The average Bonchev–Trinajstić information content (AvgIpc) is 3.41. The van der Waals surface area contributed by atoms with Crippen LogP contribution in [0.15, 0.2) is 40.9 Å². The van der Waals surface area contributed by atoms with E-state index in [2.05, 4.69) is 21.1 Å². The van der Waals surface area contributed by atoms with Crippen molar-refractivity contribution in [1.29, 1.82) is 5.26 Å². The number of carbonyl (C=O) groups is 1. The van der Waals surface area contributed by atoms with Crippen molar-refractivity contribution in [1.82, 2.24) is 10.1 Å². The summed E-state index contributed by atoms with van der Waals surface area (Å²) in [5.41, 5.74) is 4.18. The average molecular weight is 432 g/mol. The Kier molecular flexibility index (Phi) is 6.08. The van der Waals surface area contributed by atoms with Crippen molar-refractivity contribution in [2.24, 2.45) is 0 Å². The van der Waals surface area contributed by atoms with Gasteiger partial charge in [0.2, 0.25) is 5.82 Å². The lowest BCUT2D eigenvalue weighted by molar-refractivity contribution is -0.137. The van der Waals surface area contributed by atoms with Crippen LogP contribution in [0.3, 0.4) is 0 Å². The number of nitriles is 1. The van der Waals surface area contributed by atoms with Gasteiger partial charge in [0.1, 0.15) is 11.8 Å². The number of aliphatic carboxylic acids is 1. The molecule has 164 valence electrons. The second kappa shape index (κ2) is 9.10. The Hall–Kier alpha value is -3.86. The van der Waals surface area contributed by atoms with Crippen LogP contribution in [0.2, 0.25) is 0 Å². The highest BCUT2D eigenvalue weighted by atomic mass is 16.5. The number of rotatable bonds is 8. The molecule has 8 heteroatoms. The number of ether oxygens (including phenoxy) is 1. The first-order chi connectivity index (χ1) is 15.5. The summed E-state index contributed by atoms with van der Waals surface area (Å²) in [6, 6.07) is 13.3. The largest absolute Gasteiger partial charge is 0.490 e. The molecule has 0 spiro atoms. The Balaban J connectivity index is 1.58. The minimum Gasteiger partial charge on any atom is -0.490 e. The van der Waals surface area contributed by atoms with Crippen LogP contribution in [0.4, 0.5) is 5.69 Å². The Morgan fingerprint density at radius 2 is 2.19 bits per heavy atom. The summed E-state index contributed by atoms with van der Waals surface area (Å²) in [6.45, 7) is 5.34. The van der Waals surface area contributed by atoms with Gasteiger partial charge < -0.3 is 19.3 Å². The number of carboxylic acid groups (broad SMARTS) is 1. The highest BCUT2D eigenvalue weighted by Gasteiger charge is 2.24. The van der Waals surface area contributed by atoms with E-state index in [9.17, 15) is 10.1 Å². The quantitative estimate of drug-likeness (QED) is 0.561. The van der Waals surface area contributed by atoms with Crippen molar-refractivity contribution in [2.45, 2.75) is 39.2 Å². The fraction of sp³-hybridized carbons (Fsp3) is 0.333. The molecule has 1 aromatic heterocycles. The number of hydrogen-bond acceptors (Lipinski definition) is 7. The number of carboxylic acids is 1. The van der Waals surface area contributed by atoms with Crippen LogP contribution in [0.5, 0.6) is 5.75 Å². The molecule has 0 aliphatic carbocycles. The minimum atomic E-state index is -0.777. The maximum absolute atomic E-state index is 10.8. The Morgan fingerprint density at radius 3 is 2.94 bits per heavy atom. The van der Waals surface area contributed by atoms with Gasteiger partial charge in [0.25, 0.3) is 5.89 Å². The van der Waals surface area contributed by atoms with E-state index in [1.165, 1.54) is 0 Å². The molecule has 0 amide bonds. The highest BCUT2D eigenvalue weighted by molar-refractivity contribution is 5.74. The van der Waals surface area contributed by atoms with Gasteiger partial charge in [-0.05, 0) is 56.5 Å². The lowest BCUT2D eigenvalue weighted by Gasteiger charge is -2.19. The predicted octanol–water partition coefficient (Wildman–Crippen LogP) is 4.29. The van der Waals surface area contributed by atoms with Crippen LogP contribution in [0.1, 0.15) is 37.8 Å². The molecule has 0 saturated heterocycles. The third-order valence-electron chi connectivity index (χ3n) is 5.32. The summed E-state index contributed by atoms with van der Waals surface area (Å²) < 4.78 is 11.2. The van der Waals surface area contributed by atoms with E-state index < -0.39 is 5.97 Å². The number of benzene rings is 2. The zero-order valence-electron chi connectivity index (χ0n) is 18.0. The molecular weight excluding hydrogens is 408 g/mol. The van der Waals surface area contributed by atoms with Gasteiger partial charge >= 0.3 is 5.97 Å². The van der Waals surface area contributed by atoms with E-state index in [-0.39, 0.29) is 12.5 Å². The Bertz CT molecular complexity index is 1180. The van der Waals surface area contributed by atoms with Crippen molar-refractivity contribution in [3.05, 3.63) is 47.5 Å². The summed E-state index contributed by atoms with van der Waals surface area (Å²) >= 11 is 0. The monoisotopic (exact) mass is 432 g/mol. The SMILES string of the molecule is CC(C)Oc1ccc(-c2nc(-c3cccc4c3CCN4CCCC(=O)O)no2)cc1C#N. The third-order valence-corrected chi connectivity index (χ3v) is 5.32. The first-order valence-corrected chi connectivity index (χ1v) is 10.6. The number of anilines is 1. The first kappa shape index (κ1) is 21.4. The molecule has 0 radical (unpaired) electrons. The summed E-state index contributed by atoms with van der Waals surface area (Å²) in [5, 5.41) is 22.5.